The van der Waals surface area contributed by atoms with Gasteiger partial charge in [0, 0.05) is 22.7 Å². The molecule has 3 rings (SSSR count). The van der Waals surface area contributed by atoms with E-state index in [-0.39, 0.29) is 5.91 Å². The van der Waals surface area contributed by atoms with Crippen molar-refractivity contribution in [3.05, 3.63) is 35.3 Å². The van der Waals surface area contributed by atoms with Crippen molar-refractivity contribution in [2.24, 2.45) is 0 Å². The van der Waals surface area contributed by atoms with E-state index < -0.39 is 0 Å². The summed E-state index contributed by atoms with van der Waals surface area (Å²) in [6.07, 6.45) is 2.37. The maximum atomic E-state index is 12.2. The summed E-state index contributed by atoms with van der Waals surface area (Å²) in [6.45, 7) is 2.08. The van der Waals surface area contributed by atoms with E-state index in [9.17, 15) is 4.79 Å². The monoisotopic (exact) mass is 330 g/mol. The fourth-order valence-electron chi connectivity index (χ4n) is 2.80. The van der Waals surface area contributed by atoms with Crippen molar-refractivity contribution in [2.75, 3.05) is 25.9 Å². The van der Waals surface area contributed by atoms with Crippen LogP contribution in [0.3, 0.4) is 0 Å². The standard InChI is InChI=1S/C17H22N4OS/c1-21-8-6-12(7-9-21)19-16(22)10-13-11-23-17(20-13)14-4-2-3-5-15(14)18/h2-5,11-12H,6-10,18H2,1H3,(H,19,22). The Kier molecular flexibility index (Phi) is 4.93. The molecule has 2 aromatic rings. The molecule has 1 aliphatic rings. The van der Waals surface area contributed by atoms with Gasteiger partial charge in [0.1, 0.15) is 5.01 Å². The molecule has 1 fully saturated rings. The molecule has 0 atom stereocenters. The van der Waals surface area contributed by atoms with Gasteiger partial charge in [0.25, 0.3) is 0 Å². The van der Waals surface area contributed by atoms with Gasteiger partial charge in [-0.05, 0) is 45.1 Å². The SMILES string of the molecule is CN1CCC(NC(=O)Cc2csc(-c3ccccc3N)n2)CC1. The molecular formula is C17H22N4OS. The zero-order valence-electron chi connectivity index (χ0n) is 13.3. The third-order valence-corrected chi connectivity index (χ3v) is 5.09. The number of para-hydroxylation sites is 1. The third-order valence-electron chi connectivity index (χ3n) is 4.17. The molecule has 5 nitrogen and oxygen atoms in total. The number of nitrogens with zero attached hydrogens (tertiary/aromatic N) is 2. The molecule has 0 saturated carbocycles. The smallest absolute Gasteiger partial charge is 0.226 e. The number of thiazole rings is 1. The van der Waals surface area contributed by atoms with Gasteiger partial charge in [-0.3, -0.25) is 4.79 Å². The number of anilines is 1. The summed E-state index contributed by atoms with van der Waals surface area (Å²) in [5, 5.41) is 5.93. The van der Waals surface area contributed by atoms with Crippen LogP contribution in [0.5, 0.6) is 0 Å². The average Bonchev–Trinajstić information content (AvgIpc) is 2.98. The summed E-state index contributed by atoms with van der Waals surface area (Å²) < 4.78 is 0. The first-order valence-corrected chi connectivity index (χ1v) is 8.77. The van der Waals surface area contributed by atoms with Crippen LogP contribution in [0.4, 0.5) is 5.69 Å². The molecule has 1 aromatic heterocycles. The number of nitrogens with two attached hydrogens (primary N) is 1. The highest BCUT2D eigenvalue weighted by molar-refractivity contribution is 7.13. The van der Waals surface area contributed by atoms with Crippen LogP contribution >= 0.6 is 11.3 Å². The van der Waals surface area contributed by atoms with E-state index in [0.29, 0.717) is 18.2 Å². The number of benzene rings is 1. The predicted octanol–water partition coefficient (Wildman–Crippen LogP) is 2.15. The molecule has 1 aromatic carbocycles. The van der Waals surface area contributed by atoms with E-state index in [0.717, 1.165) is 42.2 Å². The number of amides is 1. The Morgan fingerprint density at radius 3 is 2.87 bits per heavy atom. The van der Waals surface area contributed by atoms with Crippen LogP contribution in [0.25, 0.3) is 10.6 Å². The third kappa shape index (κ3) is 4.09. The first-order valence-electron chi connectivity index (χ1n) is 7.89. The first kappa shape index (κ1) is 16.0. The second-order valence-corrected chi connectivity index (χ2v) is 6.91. The number of piperidine rings is 1. The van der Waals surface area contributed by atoms with Crippen molar-refractivity contribution in [3.8, 4) is 10.6 Å². The van der Waals surface area contributed by atoms with Crippen molar-refractivity contribution in [3.63, 3.8) is 0 Å². The van der Waals surface area contributed by atoms with Gasteiger partial charge >= 0.3 is 0 Å². The molecule has 0 spiro atoms. The number of aromatic nitrogens is 1. The first-order chi connectivity index (χ1) is 11.1. The molecular weight excluding hydrogens is 308 g/mol. The summed E-state index contributed by atoms with van der Waals surface area (Å²) in [6, 6.07) is 7.96. The highest BCUT2D eigenvalue weighted by atomic mass is 32.1. The summed E-state index contributed by atoms with van der Waals surface area (Å²) in [5.74, 6) is 0.0532. The van der Waals surface area contributed by atoms with Crippen molar-refractivity contribution in [1.29, 1.82) is 0 Å². The largest absolute Gasteiger partial charge is 0.398 e. The summed E-state index contributed by atoms with van der Waals surface area (Å²) >= 11 is 1.53. The van der Waals surface area contributed by atoms with Crippen LogP contribution in [0, 0.1) is 0 Å². The molecule has 0 radical (unpaired) electrons. The van der Waals surface area contributed by atoms with E-state index in [4.69, 9.17) is 5.73 Å². The predicted molar refractivity (Wildman–Crippen MR) is 94.3 cm³/mol. The molecule has 1 saturated heterocycles. The molecule has 0 unspecified atom stereocenters. The molecule has 0 bridgehead atoms. The van der Waals surface area contributed by atoms with Crippen LogP contribution < -0.4 is 11.1 Å². The highest BCUT2D eigenvalue weighted by Crippen LogP contribution is 2.28. The minimum absolute atomic E-state index is 0.0532. The van der Waals surface area contributed by atoms with Crippen molar-refractivity contribution in [2.45, 2.75) is 25.3 Å². The van der Waals surface area contributed by atoms with Gasteiger partial charge in [0.2, 0.25) is 5.91 Å². The number of nitrogen functional groups attached to an aromatic ring is 1. The molecule has 2 heterocycles. The number of carbonyl (C=O) groups excluding carboxylic acids is 1. The van der Waals surface area contributed by atoms with Gasteiger partial charge in [-0.25, -0.2) is 4.98 Å². The Bertz CT molecular complexity index is 677. The molecule has 122 valence electrons. The minimum atomic E-state index is 0.0532. The summed E-state index contributed by atoms with van der Waals surface area (Å²) in [5.41, 5.74) is 8.43. The van der Waals surface area contributed by atoms with Gasteiger partial charge in [-0.15, -0.1) is 11.3 Å². The molecule has 0 aliphatic carbocycles. The molecule has 6 heteroatoms. The maximum Gasteiger partial charge on any atom is 0.226 e. The fourth-order valence-corrected chi connectivity index (χ4v) is 3.67. The van der Waals surface area contributed by atoms with Crippen LogP contribution in [-0.4, -0.2) is 42.0 Å². The van der Waals surface area contributed by atoms with Gasteiger partial charge in [-0.1, -0.05) is 12.1 Å². The minimum Gasteiger partial charge on any atom is -0.398 e. The summed E-state index contributed by atoms with van der Waals surface area (Å²) in [4.78, 5) is 19.0. The van der Waals surface area contributed by atoms with E-state index in [2.05, 4.69) is 22.2 Å². The Morgan fingerprint density at radius 2 is 2.13 bits per heavy atom. The number of carbonyl (C=O) groups is 1. The second kappa shape index (κ2) is 7.10. The quantitative estimate of drug-likeness (QED) is 0.843. The molecule has 1 amide bonds. The van der Waals surface area contributed by atoms with E-state index in [1.165, 1.54) is 11.3 Å². The fraction of sp³-hybridized carbons (Fsp3) is 0.412. The Morgan fingerprint density at radius 1 is 1.39 bits per heavy atom. The van der Waals surface area contributed by atoms with Gasteiger partial charge in [-0.2, -0.15) is 0 Å². The van der Waals surface area contributed by atoms with Gasteiger partial charge in [0.15, 0.2) is 0 Å². The van der Waals surface area contributed by atoms with Crippen LogP contribution in [0.1, 0.15) is 18.5 Å². The van der Waals surface area contributed by atoms with E-state index in [1.807, 2.05) is 29.6 Å². The van der Waals surface area contributed by atoms with Crippen molar-refractivity contribution < 1.29 is 4.79 Å². The van der Waals surface area contributed by atoms with Gasteiger partial charge < -0.3 is 16.0 Å². The molecule has 23 heavy (non-hydrogen) atoms. The zero-order valence-corrected chi connectivity index (χ0v) is 14.1. The number of nitrogens with one attached hydrogen (secondary N) is 1. The lowest BCUT2D eigenvalue weighted by molar-refractivity contribution is -0.121. The lowest BCUT2D eigenvalue weighted by Crippen LogP contribution is -2.43. The highest BCUT2D eigenvalue weighted by Gasteiger charge is 2.19. The molecule has 3 N–H and O–H groups in total. The van der Waals surface area contributed by atoms with Crippen LogP contribution in [-0.2, 0) is 11.2 Å². The topological polar surface area (TPSA) is 71.2 Å². The Labute approximate surface area is 140 Å². The van der Waals surface area contributed by atoms with Gasteiger partial charge in [0.05, 0.1) is 12.1 Å². The van der Waals surface area contributed by atoms with Crippen LogP contribution in [0.15, 0.2) is 29.6 Å². The lowest BCUT2D eigenvalue weighted by atomic mass is 10.1. The van der Waals surface area contributed by atoms with Crippen LogP contribution in [0.2, 0.25) is 0 Å². The second-order valence-electron chi connectivity index (χ2n) is 6.05. The Hall–Kier alpha value is -1.92. The zero-order chi connectivity index (χ0) is 16.2. The average molecular weight is 330 g/mol. The number of likely N-dealkylation sites (tertiary alicyclic amines) is 1. The Balaban J connectivity index is 1.58. The van der Waals surface area contributed by atoms with Crippen molar-refractivity contribution in [1.82, 2.24) is 15.2 Å². The maximum absolute atomic E-state index is 12.2. The summed E-state index contributed by atoms with van der Waals surface area (Å²) in [7, 11) is 2.12. The lowest BCUT2D eigenvalue weighted by Gasteiger charge is -2.29. The van der Waals surface area contributed by atoms with E-state index in [1.54, 1.807) is 0 Å². The molecule has 1 aliphatic heterocycles. The number of hydrogen-bond acceptors (Lipinski definition) is 5. The normalized spacial score (nSPS) is 16.4. The van der Waals surface area contributed by atoms with Crippen molar-refractivity contribution >= 4 is 22.9 Å². The number of rotatable bonds is 4. The number of hydrogen-bond donors (Lipinski definition) is 2. The van der Waals surface area contributed by atoms with E-state index >= 15 is 0 Å².